The highest BCUT2D eigenvalue weighted by Crippen LogP contribution is 2.24. The third kappa shape index (κ3) is 5.06. The molecule has 0 saturated carbocycles. The van der Waals surface area contributed by atoms with Crippen LogP contribution >= 0.6 is 35.7 Å². The second-order valence-corrected chi connectivity index (χ2v) is 5.45. The molecular weight excluding hydrogens is 373 g/mol. The Kier molecular flexibility index (Phi) is 6.70. The number of hydrogen-bond acceptors (Lipinski definition) is 3. The Hall–Kier alpha value is -0.700. The highest BCUT2D eigenvalue weighted by atomic mass is 127. The van der Waals surface area contributed by atoms with Crippen LogP contribution in [0.3, 0.4) is 0 Å². The molecule has 0 radical (unpaired) electrons. The molecule has 0 fully saturated rings. The van der Waals surface area contributed by atoms with Crippen molar-refractivity contribution in [2.24, 2.45) is 10.7 Å². The molecule has 106 valence electrons. The van der Waals surface area contributed by atoms with E-state index in [0.717, 1.165) is 41.7 Å². The van der Waals surface area contributed by atoms with Crippen LogP contribution in [-0.2, 0) is 13.0 Å². The van der Waals surface area contributed by atoms with Gasteiger partial charge in [0.1, 0.15) is 0 Å². The summed E-state index contributed by atoms with van der Waals surface area (Å²) in [5.41, 5.74) is 7.84. The lowest BCUT2D eigenvalue weighted by molar-refractivity contribution is 0.719. The van der Waals surface area contributed by atoms with Gasteiger partial charge in [-0.15, -0.1) is 24.0 Å². The minimum Gasteiger partial charge on any atom is -0.370 e. The summed E-state index contributed by atoms with van der Waals surface area (Å²) in [5, 5.41) is 4.22. The SMILES string of the molecule is C=C(C)CN=C(N)NCCc1cn2c(n1)SCC2.I. The van der Waals surface area contributed by atoms with Crippen LogP contribution in [0.15, 0.2) is 28.5 Å². The van der Waals surface area contributed by atoms with Gasteiger partial charge in [-0.1, -0.05) is 23.9 Å². The topological polar surface area (TPSA) is 68.2 Å². The molecule has 0 spiro atoms. The van der Waals surface area contributed by atoms with E-state index < -0.39 is 0 Å². The first-order valence-electron chi connectivity index (χ1n) is 6.02. The summed E-state index contributed by atoms with van der Waals surface area (Å²) < 4.78 is 2.21. The smallest absolute Gasteiger partial charge is 0.188 e. The maximum atomic E-state index is 5.73. The predicted octanol–water partition coefficient (Wildman–Crippen LogP) is 1.63. The van der Waals surface area contributed by atoms with Gasteiger partial charge < -0.3 is 15.6 Å². The second-order valence-electron chi connectivity index (χ2n) is 4.39. The zero-order valence-electron chi connectivity index (χ0n) is 11.1. The fraction of sp³-hybridized carbons (Fsp3) is 0.500. The summed E-state index contributed by atoms with van der Waals surface area (Å²) in [6, 6.07) is 0. The molecule has 5 nitrogen and oxygen atoms in total. The lowest BCUT2D eigenvalue weighted by atomic mass is 10.3. The molecule has 0 aliphatic carbocycles. The van der Waals surface area contributed by atoms with Gasteiger partial charge >= 0.3 is 0 Å². The molecule has 2 rings (SSSR count). The van der Waals surface area contributed by atoms with E-state index in [4.69, 9.17) is 5.73 Å². The first-order chi connectivity index (χ1) is 8.65. The summed E-state index contributed by atoms with van der Waals surface area (Å²) in [5.74, 6) is 1.61. The molecular formula is C12H20IN5S. The van der Waals surface area contributed by atoms with Gasteiger partial charge in [-0.2, -0.15) is 0 Å². The number of fused-ring (bicyclic) bond motifs is 1. The van der Waals surface area contributed by atoms with Crippen molar-refractivity contribution >= 4 is 41.7 Å². The Morgan fingerprint density at radius 2 is 2.47 bits per heavy atom. The standard InChI is InChI=1S/C12H19N5S.HI/c1-9(2)7-15-11(13)14-4-3-10-8-17-5-6-18-12(17)16-10;/h8H,1,3-7H2,2H3,(H3,13,14,15);1H. The van der Waals surface area contributed by atoms with Crippen molar-refractivity contribution in [1.82, 2.24) is 14.9 Å². The molecule has 0 amide bonds. The van der Waals surface area contributed by atoms with Gasteiger partial charge in [0.25, 0.3) is 0 Å². The molecule has 0 aromatic carbocycles. The van der Waals surface area contributed by atoms with E-state index in [1.54, 1.807) is 0 Å². The van der Waals surface area contributed by atoms with Gasteiger partial charge in [0.15, 0.2) is 11.1 Å². The maximum Gasteiger partial charge on any atom is 0.188 e. The fourth-order valence-corrected chi connectivity index (χ4v) is 2.64. The number of thioether (sulfide) groups is 1. The Morgan fingerprint density at radius 3 is 3.16 bits per heavy atom. The highest BCUT2D eigenvalue weighted by molar-refractivity contribution is 14.0. The molecule has 2 heterocycles. The summed E-state index contributed by atoms with van der Waals surface area (Å²) in [6.07, 6.45) is 2.99. The van der Waals surface area contributed by atoms with Crippen LogP contribution in [0.2, 0.25) is 0 Å². The number of aliphatic imine (C=N–C) groups is 1. The number of nitrogens with zero attached hydrogens (tertiary/aromatic N) is 3. The van der Waals surface area contributed by atoms with Crippen molar-refractivity contribution in [3.8, 4) is 0 Å². The summed E-state index contributed by atoms with van der Waals surface area (Å²) >= 11 is 1.81. The molecule has 1 aliphatic rings. The lowest BCUT2D eigenvalue weighted by Gasteiger charge is -2.04. The van der Waals surface area contributed by atoms with Gasteiger partial charge in [0, 0.05) is 31.5 Å². The first kappa shape index (κ1) is 16.4. The largest absolute Gasteiger partial charge is 0.370 e. The summed E-state index contributed by atoms with van der Waals surface area (Å²) in [6.45, 7) is 8.12. The molecule has 1 aliphatic heterocycles. The van der Waals surface area contributed by atoms with Crippen molar-refractivity contribution < 1.29 is 0 Å². The Labute approximate surface area is 135 Å². The number of guanidine groups is 1. The second kappa shape index (κ2) is 7.78. The number of imidazole rings is 1. The van der Waals surface area contributed by atoms with E-state index >= 15 is 0 Å². The van der Waals surface area contributed by atoms with E-state index in [0.29, 0.717) is 12.5 Å². The first-order valence-corrected chi connectivity index (χ1v) is 7.01. The Bertz CT molecular complexity index is 447. The van der Waals surface area contributed by atoms with Crippen LogP contribution in [0, 0.1) is 0 Å². The van der Waals surface area contributed by atoms with Crippen molar-refractivity contribution in [3.63, 3.8) is 0 Å². The van der Waals surface area contributed by atoms with E-state index in [1.807, 2.05) is 18.7 Å². The van der Waals surface area contributed by atoms with Crippen molar-refractivity contribution in [2.75, 3.05) is 18.8 Å². The molecule has 1 aromatic heterocycles. The molecule has 0 atom stereocenters. The molecule has 1 aromatic rings. The summed E-state index contributed by atoms with van der Waals surface area (Å²) in [7, 11) is 0. The normalized spacial score (nSPS) is 13.8. The van der Waals surface area contributed by atoms with Crippen molar-refractivity contribution in [1.29, 1.82) is 0 Å². The van der Waals surface area contributed by atoms with Crippen LogP contribution in [-0.4, -0.2) is 34.4 Å². The minimum absolute atomic E-state index is 0. The maximum absolute atomic E-state index is 5.73. The van der Waals surface area contributed by atoms with Gasteiger partial charge in [-0.05, 0) is 6.92 Å². The van der Waals surface area contributed by atoms with Crippen LogP contribution in [0.4, 0.5) is 0 Å². The minimum atomic E-state index is 0. The molecule has 7 heteroatoms. The molecule has 0 unspecified atom stereocenters. The van der Waals surface area contributed by atoms with Gasteiger partial charge in [0.05, 0.1) is 12.2 Å². The van der Waals surface area contributed by atoms with Crippen molar-refractivity contribution in [2.45, 2.75) is 25.0 Å². The van der Waals surface area contributed by atoms with E-state index in [2.05, 4.69) is 32.6 Å². The monoisotopic (exact) mass is 393 g/mol. The van der Waals surface area contributed by atoms with Gasteiger partial charge in [-0.25, -0.2) is 9.98 Å². The quantitative estimate of drug-likeness (QED) is 0.345. The van der Waals surface area contributed by atoms with E-state index in [9.17, 15) is 0 Å². The predicted molar refractivity (Wildman–Crippen MR) is 91.4 cm³/mol. The molecule has 19 heavy (non-hydrogen) atoms. The average molecular weight is 393 g/mol. The number of aryl methyl sites for hydroxylation is 1. The van der Waals surface area contributed by atoms with Crippen LogP contribution in [0.25, 0.3) is 0 Å². The third-order valence-corrected chi connectivity index (χ3v) is 3.53. The number of hydrogen-bond donors (Lipinski definition) is 2. The van der Waals surface area contributed by atoms with Crippen LogP contribution in [0.5, 0.6) is 0 Å². The van der Waals surface area contributed by atoms with E-state index in [1.165, 1.54) is 0 Å². The summed E-state index contributed by atoms with van der Waals surface area (Å²) in [4.78, 5) is 8.71. The molecule has 0 bridgehead atoms. The Balaban J connectivity index is 0.00000180. The average Bonchev–Trinajstić information content (AvgIpc) is 2.86. The zero-order valence-corrected chi connectivity index (χ0v) is 14.2. The van der Waals surface area contributed by atoms with Crippen LogP contribution < -0.4 is 11.1 Å². The fourth-order valence-electron chi connectivity index (χ4n) is 1.68. The van der Waals surface area contributed by atoms with Gasteiger partial charge in [-0.3, -0.25) is 0 Å². The lowest BCUT2D eigenvalue weighted by Crippen LogP contribution is -2.33. The molecule has 0 saturated heterocycles. The number of halogens is 1. The zero-order chi connectivity index (χ0) is 13.0. The number of aromatic nitrogens is 2. The Morgan fingerprint density at radius 1 is 1.68 bits per heavy atom. The third-order valence-electron chi connectivity index (χ3n) is 2.56. The highest BCUT2D eigenvalue weighted by Gasteiger charge is 2.13. The number of nitrogens with one attached hydrogen (secondary N) is 1. The van der Waals surface area contributed by atoms with Gasteiger partial charge in [0.2, 0.25) is 0 Å². The van der Waals surface area contributed by atoms with Crippen LogP contribution in [0.1, 0.15) is 12.6 Å². The number of nitrogens with two attached hydrogens (primary N) is 1. The number of rotatable bonds is 5. The van der Waals surface area contributed by atoms with E-state index in [-0.39, 0.29) is 24.0 Å². The molecule has 3 N–H and O–H groups in total. The van der Waals surface area contributed by atoms with Crippen molar-refractivity contribution in [3.05, 3.63) is 24.0 Å².